The van der Waals surface area contributed by atoms with E-state index >= 15 is 0 Å². The zero-order valence-corrected chi connectivity index (χ0v) is 13.1. The molecule has 0 amide bonds. The second-order valence-electron chi connectivity index (χ2n) is 7.58. The van der Waals surface area contributed by atoms with Crippen molar-refractivity contribution in [2.45, 2.75) is 64.0 Å². The summed E-state index contributed by atoms with van der Waals surface area (Å²) in [5, 5.41) is 12.6. The number of aliphatic hydroxyl groups excluding tert-OH is 1. The molecule has 3 heteroatoms. The van der Waals surface area contributed by atoms with Crippen molar-refractivity contribution in [2.75, 3.05) is 26.2 Å². The van der Waals surface area contributed by atoms with Gasteiger partial charge in [0.1, 0.15) is 0 Å². The molecule has 0 aromatic carbocycles. The summed E-state index contributed by atoms with van der Waals surface area (Å²) >= 11 is 0. The summed E-state index contributed by atoms with van der Waals surface area (Å²) in [7, 11) is 0. The average Bonchev–Trinajstić information content (AvgIpc) is 3.21. The predicted octanol–water partition coefficient (Wildman–Crippen LogP) is 2.25. The molecule has 20 heavy (non-hydrogen) atoms. The minimum Gasteiger partial charge on any atom is -0.396 e. The fourth-order valence-corrected chi connectivity index (χ4v) is 4.23. The van der Waals surface area contributed by atoms with Gasteiger partial charge >= 0.3 is 0 Å². The zero-order chi connectivity index (χ0) is 13.9. The third kappa shape index (κ3) is 3.75. The van der Waals surface area contributed by atoms with Crippen molar-refractivity contribution in [1.29, 1.82) is 0 Å². The summed E-state index contributed by atoms with van der Waals surface area (Å²) in [6.45, 7) is 6.30. The van der Waals surface area contributed by atoms with Crippen LogP contribution in [0.4, 0.5) is 0 Å². The van der Waals surface area contributed by atoms with Gasteiger partial charge in [-0.2, -0.15) is 0 Å². The molecule has 2 saturated carbocycles. The lowest BCUT2D eigenvalue weighted by Crippen LogP contribution is -2.56. The summed E-state index contributed by atoms with van der Waals surface area (Å²) in [6.07, 6.45) is 9.54. The molecule has 1 saturated heterocycles. The quantitative estimate of drug-likeness (QED) is 0.702. The first kappa shape index (κ1) is 14.8. The summed E-state index contributed by atoms with van der Waals surface area (Å²) < 4.78 is 0. The Bertz CT molecular complexity index is 305. The molecule has 0 radical (unpaired) electrons. The molecular formula is C17H32N2O. The van der Waals surface area contributed by atoms with Crippen LogP contribution in [0.5, 0.6) is 0 Å². The number of likely N-dealkylation sites (tertiary alicyclic amines) is 1. The van der Waals surface area contributed by atoms with Gasteiger partial charge in [0.15, 0.2) is 0 Å². The van der Waals surface area contributed by atoms with Crippen LogP contribution in [-0.2, 0) is 0 Å². The van der Waals surface area contributed by atoms with Crippen LogP contribution in [0.25, 0.3) is 0 Å². The lowest BCUT2D eigenvalue weighted by atomic mass is 9.77. The van der Waals surface area contributed by atoms with E-state index in [1.807, 2.05) is 0 Å². The second-order valence-corrected chi connectivity index (χ2v) is 7.58. The highest BCUT2D eigenvalue weighted by Gasteiger charge is 2.38. The molecule has 3 aliphatic rings. The lowest BCUT2D eigenvalue weighted by molar-refractivity contribution is 0.0200. The highest BCUT2D eigenvalue weighted by molar-refractivity contribution is 4.94. The topological polar surface area (TPSA) is 35.5 Å². The van der Waals surface area contributed by atoms with E-state index in [0.717, 1.165) is 36.8 Å². The van der Waals surface area contributed by atoms with E-state index in [-0.39, 0.29) is 0 Å². The molecule has 0 aromatic rings. The van der Waals surface area contributed by atoms with E-state index in [9.17, 15) is 0 Å². The van der Waals surface area contributed by atoms with E-state index in [4.69, 9.17) is 5.11 Å². The van der Waals surface area contributed by atoms with Gasteiger partial charge in [-0.1, -0.05) is 19.8 Å². The molecule has 4 atom stereocenters. The third-order valence-corrected chi connectivity index (χ3v) is 5.74. The van der Waals surface area contributed by atoms with Gasteiger partial charge in [0.05, 0.1) is 0 Å². The first-order valence-corrected chi connectivity index (χ1v) is 8.84. The fourth-order valence-electron chi connectivity index (χ4n) is 4.23. The van der Waals surface area contributed by atoms with Crippen molar-refractivity contribution >= 4 is 0 Å². The standard InChI is InChI=1S/C17H32N2O/c1-13-3-6-17(13)19-11-15(9-14-4-5-14)10-16(12-19)18-7-2-8-20/h13-18,20H,2-12H2,1H3. The van der Waals surface area contributed by atoms with Gasteiger partial charge in [-0.3, -0.25) is 4.90 Å². The van der Waals surface area contributed by atoms with Crippen LogP contribution in [0.2, 0.25) is 0 Å². The van der Waals surface area contributed by atoms with E-state index < -0.39 is 0 Å². The summed E-state index contributed by atoms with van der Waals surface area (Å²) in [5.41, 5.74) is 0. The Kier molecular flexibility index (Phi) is 5.00. The number of hydrogen-bond donors (Lipinski definition) is 2. The van der Waals surface area contributed by atoms with Gasteiger partial charge in [0.25, 0.3) is 0 Å². The minimum atomic E-state index is 0.314. The Morgan fingerprint density at radius 2 is 1.95 bits per heavy atom. The Labute approximate surface area is 124 Å². The third-order valence-electron chi connectivity index (χ3n) is 5.74. The number of nitrogens with zero attached hydrogens (tertiary/aromatic N) is 1. The van der Waals surface area contributed by atoms with Crippen LogP contribution < -0.4 is 5.32 Å². The van der Waals surface area contributed by atoms with E-state index in [1.165, 1.54) is 51.6 Å². The molecule has 3 fully saturated rings. The van der Waals surface area contributed by atoms with E-state index in [1.54, 1.807) is 0 Å². The normalized spacial score (nSPS) is 38.7. The average molecular weight is 280 g/mol. The second kappa shape index (κ2) is 6.76. The number of hydrogen-bond acceptors (Lipinski definition) is 3. The predicted molar refractivity (Wildman–Crippen MR) is 82.7 cm³/mol. The largest absolute Gasteiger partial charge is 0.396 e. The number of nitrogens with one attached hydrogen (secondary N) is 1. The SMILES string of the molecule is CC1CCC1N1CC(CC2CC2)CC(NCCCO)C1. The highest BCUT2D eigenvalue weighted by Crippen LogP contribution is 2.40. The minimum absolute atomic E-state index is 0.314. The van der Waals surface area contributed by atoms with Gasteiger partial charge < -0.3 is 10.4 Å². The Morgan fingerprint density at radius 1 is 1.10 bits per heavy atom. The van der Waals surface area contributed by atoms with Crippen molar-refractivity contribution in [3.63, 3.8) is 0 Å². The molecule has 4 unspecified atom stereocenters. The molecule has 116 valence electrons. The smallest absolute Gasteiger partial charge is 0.0443 e. The molecular weight excluding hydrogens is 248 g/mol. The first-order valence-electron chi connectivity index (χ1n) is 8.84. The van der Waals surface area contributed by atoms with Crippen LogP contribution in [-0.4, -0.2) is 48.3 Å². The number of rotatable bonds is 7. The van der Waals surface area contributed by atoms with Crippen molar-refractivity contribution in [1.82, 2.24) is 10.2 Å². The van der Waals surface area contributed by atoms with E-state index in [2.05, 4.69) is 17.1 Å². The first-order chi connectivity index (χ1) is 9.76. The molecule has 0 spiro atoms. The van der Waals surface area contributed by atoms with Gasteiger partial charge in [-0.25, -0.2) is 0 Å². The molecule has 0 aromatic heterocycles. The maximum absolute atomic E-state index is 8.95. The highest BCUT2D eigenvalue weighted by atomic mass is 16.3. The van der Waals surface area contributed by atoms with Crippen molar-refractivity contribution in [3.8, 4) is 0 Å². The number of piperidine rings is 1. The molecule has 0 bridgehead atoms. The summed E-state index contributed by atoms with van der Waals surface area (Å²) in [4.78, 5) is 2.79. The Hall–Kier alpha value is -0.120. The van der Waals surface area contributed by atoms with Crippen LogP contribution in [0.3, 0.4) is 0 Å². The fraction of sp³-hybridized carbons (Fsp3) is 1.00. The maximum atomic E-state index is 8.95. The molecule has 2 aliphatic carbocycles. The Morgan fingerprint density at radius 3 is 2.55 bits per heavy atom. The lowest BCUT2D eigenvalue weighted by Gasteiger charge is -2.48. The van der Waals surface area contributed by atoms with Gasteiger partial charge in [0.2, 0.25) is 0 Å². The molecule has 3 nitrogen and oxygen atoms in total. The molecule has 2 N–H and O–H groups in total. The molecule has 1 heterocycles. The van der Waals surface area contributed by atoms with Crippen LogP contribution in [0.15, 0.2) is 0 Å². The Balaban J connectivity index is 1.52. The monoisotopic (exact) mass is 280 g/mol. The van der Waals surface area contributed by atoms with Crippen molar-refractivity contribution < 1.29 is 5.11 Å². The van der Waals surface area contributed by atoms with Gasteiger partial charge in [-0.05, 0) is 56.4 Å². The maximum Gasteiger partial charge on any atom is 0.0443 e. The van der Waals surface area contributed by atoms with Crippen LogP contribution in [0, 0.1) is 17.8 Å². The van der Waals surface area contributed by atoms with Crippen LogP contribution >= 0.6 is 0 Å². The van der Waals surface area contributed by atoms with Crippen LogP contribution in [0.1, 0.15) is 51.9 Å². The summed E-state index contributed by atoms with van der Waals surface area (Å²) in [5.74, 6) is 2.88. The zero-order valence-electron chi connectivity index (χ0n) is 13.1. The summed E-state index contributed by atoms with van der Waals surface area (Å²) in [6, 6.07) is 1.52. The van der Waals surface area contributed by atoms with E-state index in [0.29, 0.717) is 12.6 Å². The van der Waals surface area contributed by atoms with Gasteiger partial charge in [-0.15, -0.1) is 0 Å². The number of aliphatic hydroxyl groups is 1. The van der Waals surface area contributed by atoms with Crippen molar-refractivity contribution in [3.05, 3.63) is 0 Å². The molecule has 3 rings (SSSR count). The molecule has 1 aliphatic heterocycles. The van der Waals surface area contributed by atoms with Crippen molar-refractivity contribution in [2.24, 2.45) is 17.8 Å². The van der Waals surface area contributed by atoms with Gasteiger partial charge in [0, 0.05) is 31.8 Å².